The number of piperazine rings is 1. The summed E-state index contributed by atoms with van der Waals surface area (Å²) in [5.74, 6) is 0.231. The largest absolute Gasteiger partial charge is 0.377 e. The molecule has 1 amide bonds. The average Bonchev–Trinajstić information content (AvgIpc) is 3.01. The van der Waals surface area contributed by atoms with Crippen LogP contribution in [0.15, 0.2) is 28.7 Å². The first-order chi connectivity index (χ1) is 10.7. The molecule has 22 heavy (non-hydrogen) atoms. The van der Waals surface area contributed by atoms with Gasteiger partial charge in [-0.05, 0) is 30.5 Å². The molecule has 2 heterocycles. The van der Waals surface area contributed by atoms with Gasteiger partial charge in [0.2, 0.25) is 5.91 Å². The van der Waals surface area contributed by atoms with Gasteiger partial charge in [0.1, 0.15) is 0 Å². The third kappa shape index (κ3) is 4.31. The molecule has 2 saturated heterocycles. The number of amides is 1. The molecule has 0 saturated carbocycles. The summed E-state index contributed by atoms with van der Waals surface area (Å²) in [6, 6.07) is 7.99. The monoisotopic (exact) mass is 366 g/mol. The number of hydrogen-bond acceptors (Lipinski definition) is 3. The smallest absolute Gasteiger partial charge is 0.227 e. The van der Waals surface area contributed by atoms with Crippen LogP contribution in [0.1, 0.15) is 18.4 Å². The lowest BCUT2D eigenvalue weighted by molar-refractivity contribution is -0.132. The van der Waals surface area contributed by atoms with E-state index in [2.05, 4.69) is 20.8 Å². The van der Waals surface area contributed by atoms with Crippen molar-refractivity contribution in [2.75, 3.05) is 39.3 Å². The number of carbonyl (C=O) groups is 1. The zero-order valence-corrected chi connectivity index (χ0v) is 14.4. The fourth-order valence-electron chi connectivity index (χ4n) is 3.19. The highest BCUT2D eigenvalue weighted by atomic mass is 79.9. The zero-order chi connectivity index (χ0) is 15.4. The van der Waals surface area contributed by atoms with E-state index < -0.39 is 0 Å². The van der Waals surface area contributed by atoms with Crippen molar-refractivity contribution in [1.82, 2.24) is 9.80 Å². The highest BCUT2D eigenvalue weighted by Crippen LogP contribution is 2.16. The van der Waals surface area contributed by atoms with Crippen LogP contribution in [-0.4, -0.2) is 61.1 Å². The Morgan fingerprint density at radius 2 is 2.09 bits per heavy atom. The summed E-state index contributed by atoms with van der Waals surface area (Å²) >= 11 is 3.45. The minimum Gasteiger partial charge on any atom is -0.377 e. The van der Waals surface area contributed by atoms with Crippen molar-refractivity contribution < 1.29 is 9.53 Å². The topological polar surface area (TPSA) is 32.8 Å². The van der Waals surface area contributed by atoms with Gasteiger partial charge >= 0.3 is 0 Å². The van der Waals surface area contributed by atoms with Gasteiger partial charge in [0.15, 0.2) is 0 Å². The van der Waals surface area contributed by atoms with Crippen molar-refractivity contribution in [3.63, 3.8) is 0 Å². The van der Waals surface area contributed by atoms with Gasteiger partial charge in [-0.1, -0.05) is 28.1 Å². The predicted octanol–water partition coefficient (Wildman–Crippen LogP) is 2.31. The molecule has 1 unspecified atom stereocenters. The first-order valence-electron chi connectivity index (χ1n) is 8.07. The minimum absolute atomic E-state index is 0.231. The molecule has 1 aromatic carbocycles. The molecule has 0 N–H and O–H groups in total. The Kier molecular flexibility index (Phi) is 5.50. The standard InChI is InChI=1S/C17H23BrN2O2/c18-15-4-1-3-14(11-15)12-17(21)20-8-6-19(7-9-20)13-16-5-2-10-22-16/h1,3-4,11,16H,2,5-10,12-13H2. The number of ether oxygens (including phenoxy) is 1. The number of hydrogen-bond donors (Lipinski definition) is 0. The van der Waals surface area contributed by atoms with Gasteiger partial charge in [0, 0.05) is 43.8 Å². The van der Waals surface area contributed by atoms with Gasteiger partial charge in [0.25, 0.3) is 0 Å². The van der Waals surface area contributed by atoms with Crippen LogP contribution in [0, 0.1) is 0 Å². The molecule has 5 heteroatoms. The van der Waals surface area contributed by atoms with Gasteiger partial charge in [-0.3, -0.25) is 9.69 Å². The van der Waals surface area contributed by atoms with Crippen LogP contribution in [0.4, 0.5) is 0 Å². The fraction of sp³-hybridized carbons (Fsp3) is 0.588. The third-order valence-corrected chi connectivity index (χ3v) is 4.95. The van der Waals surface area contributed by atoms with Crippen LogP contribution < -0.4 is 0 Å². The highest BCUT2D eigenvalue weighted by molar-refractivity contribution is 9.10. The zero-order valence-electron chi connectivity index (χ0n) is 12.8. The van der Waals surface area contributed by atoms with Crippen LogP contribution in [-0.2, 0) is 16.0 Å². The first-order valence-corrected chi connectivity index (χ1v) is 8.86. The van der Waals surface area contributed by atoms with E-state index in [1.165, 1.54) is 12.8 Å². The summed E-state index contributed by atoms with van der Waals surface area (Å²) in [4.78, 5) is 16.8. The number of halogens is 1. The molecular weight excluding hydrogens is 344 g/mol. The Bertz CT molecular complexity index is 509. The molecule has 0 radical (unpaired) electrons. The predicted molar refractivity (Wildman–Crippen MR) is 89.8 cm³/mol. The lowest BCUT2D eigenvalue weighted by atomic mass is 10.1. The van der Waals surface area contributed by atoms with E-state index in [1.807, 2.05) is 29.2 Å². The van der Waals surface area contributed by atoms with E-state index >= 15 is 0 Å². The lowest BCUT2D eigenvalue weighted by Gasteiger charge is -2.35. The fourth-order valence-corrected chi connectivity index (χ4v) is 3.64. The van der Waals surface area contributed by atoms with E-state index in [1.54, 1.807) is 0 Å². The molecule has 2 aliphatic rings. The summed E-state index contributed by atoms with van der Waals surface area (Å²) in [5, 5.41) is 0. The van der Waals surface area contributed by atoms with Crippen LogP contribution in [0.3, 0.4) is 0 Å². The maximum Gasteiger partial charge on any atom is 0.227 e. The van der Waals surface area contributed by atoms with Crippen molar-refractivity contribution in [3.05, 3.63) is 34.3 Å². The average molecular weight is 367 g/mol. The van der Waals surface area contributed by atoms with E-state index in [0.717, 1.165) is 49.4 Å². The summed E-state index contributed by atoms with van der Waals surface area (Å²) in [6.45, 7) is 5.52. The molecule has 0 bridgehead atoms. The lowest BCUT2D eigenvalue weighted by Crippen LogP contribution is -2.50. The van der Waals surface area contributed by atoms with Gasteiger partial charge in [-0.2, -0.15) is 0 Å². The van der Waals surface area contributed by atoms with Crippen LogP contribution in [0.5, 0.6) is 0 Å². The molecule has 2 fully saturated rings. The van der Waals surface area contributed by atoms with Gasteiger partial charge in [-0.25, -0.2) is 0 Å². The molecule has 4 nitrogen and oxygen atoms in total. The molecule has 3 rings (SSSR count). The SMILES string of the molecule is O=C(Cc1cccc(Br)c1)N1CCN(CC2CCCO2)CC1. The second-order valence-electron chi connectivity index (χ2n) is 6.12. The Balaban J connectivity index is 1.45. The molecular formula is C17H23BrN2O2. The van der Waals surface area contributed by atoms with Crippen LogP contribution in [0.2, 0.25) is 0 Å². The van der Waals surface area contributed by atoms with Crippen LogP contribution in [0.25, 0.3) is 0 Å². The van der Waals surface area contributed by atoms with Crippen LogP contribution >= 0.6 is 15.9 Å². The van der Waals surface area contributed by atoms with Crippen molar-refractivity contribution >= 4 is 21.8 Å². The van der Waals surface area contributed by atoms with Crippen molar-refractivity contribution in [2.24, 2.45) is 0 Å². The summed E-state index contributed by atoms with van der Waals surface area (Å²) in [6.07, 6.45) is 3.27. The second kappa shape index (κ2) is 7.57. The van der Waals surface area contributed by atoms with Crippen molar-refractivity contribution in [2.45, 2.75) is 25.4 Å². The van der Waals surface area contributed by atoms with Gasteiger partial charge in [0.05, 0.1) is 12.5 Å². The maximum absolute atomic E-state index is 12.4. The summed E-state index contributed by atoms with van der Waals surface area (Å²) < 4.78 is 6.72. The Morgan fingerprint density at radius 3 is 2.77 bits per heavy atom. The second-order valence-corrected chi connectivity index (χ2v) is 7.04. The highest BCUT2D eigenvalue weighted by Gasteiger charge is 2.24. The van der Waals surface area contributed by atoms with Crippen molar-refractivity contribution in [3.8, 4) is 0 Å². The normalized spacial score (nSPS) is 23.0. The van der Waals surface area contributed by atoms with Gasteiger partial charge in [-0.15, -0.1) is 0 Å². The molecule has 0 aliphatic carbocycles. The third-order valence-electron chi connectivity index (χ3n) is 4.46. The number of benzene rings is 1. The quantitative estimate of drug-likeness (QED) is 0.819. The van der Waals surface area contributed by atoms with E-state index in [4.69, 9.17) is 4.74 Å². The molecule has 1 atom stereocenters. The Labute approximate surface area is 140 Å². The van der Waals surface area contributed by atoms with E-state index in [-0.39, 0.29) is 5.91 Å². The molecule has 0 spiro atoms. The maximum atomic E-state index is 12.4. The Morgan fingerprint density at radius 1 is 1.27 bits per heavy atom. The van der Waals surface area contributed by atoms with Crippen molar-refractivity contribution in [1.29, 1.82) is 0 Å². The minimum atomic E-state index is 0.231. The molecule has 1 aromatic rings. The number of carbonyl (C=O) groups excluding carboxylic acids is 1. The Hall–Kier alpha value is -0.910. The molecule has 0 aromatic heterocycles. The molecule has 120 valence electrons. The number of rotatable bonds is 4. The van der Waals surface area contributed by atoms with E-state index in [0.29, 0.717) is 12.5 Å². The van der Waals surface area contributed by atoms with E-state index in [9.17, 15) is 4.79 Å². The number of nitrogens with zero attached hydrogens (tertiary/aromatic N) is 2. The summed E-state index contributed by atoms with van der Waals surface area (Å²) in [7, 11) is 0. The van der Waals surface area contributed by atoms with Gasteiger partial charge < -0.3 is 9.64 Å². The first kappa shape index (κ1) is 16.0. The summed E-state index contributed by atoms with van der Waals surface area (Å²) in [5.41, 5.74) is 1.07. The molecule has 2 aliphatic heterocycles.